The fourth-order valence-corrected chi connectivity index (χ4v) is 5.09. The molecule has 0 saturated carbocycles. The van der Waals surface area contributed by atoms with Crippen LogP contribution in [0.1, 0.15) is 49.9 Å². The van der Waals surface area contributed by atoms with Crippen molar-refractivity contribution in [3.63, 3.8) is 0 Å². The maximum absolute atomic E-state index is 13.4. The normalized spacial score (nSPS) is 19.0. The molecule has 9 nitrogen and oxygen atoms in total. The van der Waals surface area contributed by atoms with Crippen LogP contribution in [0, 0.1) is 12.8 Å². The van der Waals surface area contributed by atoms with Crippen LogP contribution in [0.4, 0.5) is 0 Å². The van der Waals surface area contributed by atoms with Gasteiger partial charge in [-0.2, -0.15) is 0 Å². The van der Waals surface area contributed by atoms with E-state index >= 15 is 0 Å². The second kappa shape index (κ2) is 14.6. The summed E-state index contributed by atoms with van der Waals surface area (Å²) < 4.78 is 16.9. The number of aliphatic hydroxyl groups is 1. The lowest BCUT2D eigenvalue weighted by Gasteiger charge is -2.29. The molecule has 10 heteroatoms. The zero-order valence-corrected chi connectivity index (χ0v) is 25.0. The Labute approximate surface area is 248 Å². The van der Waals surface area contributed by atoms with Crippen LogP contribution in [0.15, 0.2) is 42.0 Å². The molecule has 4 rings (SSSR count). The first-order valence-corrected chi connectivity index (χ1v) is 14.0. The largest absolute Gasteiger partial charge is 0.507 e. The SMILES string of the molecule is CCOc1cc(C2/C(=C(\O)c3ccc(OCC(C)C)c(C)c3)C(=O)C(=O)N2CCCN2CCOCC2)ccc1O.Cl. The van der Waals surface area contributed by atoms with E-state index in [9.17, 15) is 19.8 Å². The van der Waals surface area contributed by atoms with Crippen molar-refractivity contribution in [3.05, 3.63) is 58.7 Å². The van der Waals surface area contributed by atoms with E-state index in [0.717, 1.165) is 25.2 Å². The molecule has 0 spiro atoms. The first-order valence-electron chi connectivity index (χ1n) is 14.0. The Kier molecular flexibility index (Phi) is 11.5. The average molecular weight is 589 g/mol. The number of hydrogen-bond acceptors (Lipinski definition) is 8. The number of ketones is 1. The van der Waals surface area contributed by atoms with E-state index in [2.05, 4.69) is 18.7 Å². The number of aromatic hydroxyl groups is 1. The standard InChI is InChI=1S/C31H40N2O7.ClH/c1-5-39-26-18-22(7-9-24(26)34)28-27(29(35)23-8-10-25(21(4)17-23)40-19-20(2)3)30(36)31(37)33(28)12-6-11-32-13-15-38-16-14-32;/h7-10,17-18,20,28,34-35H,5-6,11-16,19H2,1-4H3;1H/b29-27+;. The molecule has 0 radical (unpaired) electrons. The molecule has 1 atom stereocenters. The molecule has 0 aliphatic carbocycles. The van der Waals surface area contributed by atoms with E-state index in [0.29, 0.717) is 62.2 Å². The number of amides is 1. The van der Waals surface area contributed by atoms with Crippen molar-refractivity contribution in [1.82, 2.24) is 9.80 Å². The van der Waals surface area contributed by atoms with Crippen LogP contribution in [-0.4, -0.2) is 84.3 Å². The number of aliphatic hydroxyl groups excluding tert-OH is 1. The van der Waals surface area contributed by atoms with Crippen LogP contribution < -0.4 is 9.47 Å². The number of halogens is 1. The van der Waals surface area contributed by atoms with Crippen LogP contribution in [0.25, 0.3) is 5.76 Å². The van der Waals surface area contributed by atoms with Gasteiger partial charge in [-0.25, -0.2) is 0 Å². The lowest BCUT2D eigenvalue weighted by atomic mass is 9.94. The number of phenolic OH excluding ortho intramolecular Hbond substituents is 1. The van der Waals surface area contributed by atoms with E-state index < -0.39 is 17.7 Å². The third-order valence-electron chi connectivity index (χ3n) is 7.14. The van der Waals surface area contributed by atoms with Crippen molar-refractivity contribution in [3.8, 4) is 17.2 Å². The molecule has 2 aliphatic heterocycles. The molecule has 2 fully saturated rings. The highest BCUT2D eigenvalue weighted by Crippen LogP contribution is 2.42. The van der Waals surface area contributed by atoms with E-state index in [1.807, 2.05) is 6.92 Å². The third-order valence-corrected chi connectivity index (χ3v) is 7.14. The van der Waals surface area contributed by atoms with Gasteiger partial charge in [0.25, 0.3) is 11.7 Å². The second-order valence-corrected chi connectivity index (χ2v) is 10.6. The maximum Gasteiger partial charge on any atom is 0.295 e. The van der Waals surface area contributed by atoms with Crippen LogP contribution in [0.2, 0.25) is 0 Å². The first-order chi connectivity index (χ1) is 19.2. The number of carbonyl (C=O) groups excluding carboxylic acids is 2. The highest BCUT2D eigenvalue weighted by Gasteiger charge is 2.46. The van der Waals surface area contributed by atoms with Gasteiger partial charge in [-0.3, -0.25) is 14.5 Å². The van der Waals surface area contributed by atoms with Crippen molar-refractivity contribution >= 4 is 29.9 Å². The molecule has 2 saturated heterocycles. The number of morpholine rings is 1. The van der Waals surface area contributed by atoms with Gasteiger partial charge in [0.05, 0.1) is 38.0 Å². The number of benzene rings is 2. The first kappa shape index (κ1) is 32.2. The molecule has 224 valence electrons. The lowest BCUT2D eigenvalue weighted by Crippen LogP contribution is -2.38. The van der Waals surface area contributed by atoms with E-state index in [1.54, 1.807) is 37.3 Å². The molecular formula is C31H41ClN2O7. The third kappa shape index (κ3) is 7.52. The zero-order valence-electron chi connectivity index (χ0n) is 24.2. The minimum atomic E-state index is -0.832. The lowest BCUT2D eigenvalue weighted by molar-refractivity contribution is -0.140. The molecule has 2 aromatic rings. The van der Waals surface area contributed by atoms with Crippen molar-refractivity contribution in [2.24, 2.45) is 5.92 Å². The quantitative estimate of drug-likeness (QED) is 0.221. The van der Waals surface area contributed by atoms with Gasteiger partial charge in [-0.1, -0.05) is 19.9 Å². The minimum absolute atomic E-state index is 0. The number of aryl methyl sites for hydroxylation is 1. The highest BCUT2D eigenvalue weighted by molar-refractivity contribution is 6.46. The molecular weight excluding hydrogens is 548 g/mol. The smallest absolute Gasteiger partial charge is 0.295 e. The monoisotopic (exact) mass is 588 g/mol. The van der Waals surface area contributed by atoms with Gasteiger partial charge in [-0.15, -0.1) is 12.4 Å². The van der Waals surface area contributed by atoms with Crippen LogP contribution >= 0.6 is 12.4 Å². The number of ether oxygens (including phenoxy) is 3. The maximum atomic E-state index is 13.4. The Bertz CT molecular complexity index is 1260. The molecule has 0 bridgehead atoms. The number of carbonyl (C=O) groups is 2. The summed E-state index contributed by atoms with van der Waals surface area (Å²) in [6.45, 7) is 12.8. The second-order valence-electron chi connectivity index (χ2n) is 10.6. The Morgan fingerprint density at radius 2 is 1.78 bits per heavy atom. The summed E-state index contributed by atoms with van der Waals surface area (Å²) in [5.74, 6) is -0.373. The van der Waals surface area contributed by atoms with Gasteiger partial charge in [0.1, 0.15) is 11.5 Å². The Morgan fingerprint density at radius 3 is 2.44 bits per heavy atom. The fraction of sp³-hybridized carbons (Fsp3) is 0.484. The Hall–Kier alpha value is -3.27. The van der Waals surface area contributed by atoms with E-state index in [4.69, 9.17) is 14.2 Å². The van der Waals surface area contributed by atoms with Gasteiger partial charge in [0.2, 0.25) is 0 Å². The summed E-state index contributed by atoms with van der Waals surface area (Å²) in [5.41, 5.74) is 1.82. The van der Waals surface area contributed by atoms with Gasteiger partial charge in [0, 0.05) is 31.7 Å². The Balaban J connectivity index is 0.00000462. The van der Waals surface area contributed by atoms with Gasteiger partial charge < -0.3 is 29.3 Å². The molecule has 2 aliphatic rings. The topological polar surface area (TPSA) is 109 Å². The number of Topliss-reactive ketones (excluding diaryl/α,β-unsaturated/α-hetero) is 1. The Morgan fingerprint density at radius 1 is 1.05 bits per heavy atom. The summed E-state index contributed by atoms with van der Waals surface area (Å²) >= 11 is 0. The predicted molar refractivity (Wildman–Crippen MR) is 159 cm³/mol. The van der Waals surface area contributed by atoms with Crippen molar-refractivity contribution in [1.29, 1.82) is 0 Å². The summed E-state index contributed by atoms with van der Waals surface area (Å²) in [5, 5.41) is 21.8. The number of rotatable bonds is 11. The van der Waals surface area contributed by atoms with Crippen molar-refractivity contribution in [2.75, 3.05) is 52.6 Å². The summed E-state index contributed by atoms with van der Waals surface area (Å²) in [6, 6.07) is 9.17. The number of nitrogens with zero attached hydrogens (tertiary/aromatic N) is 2. The highest BCUT2D eigenvalue weighted by atomic mass is 35.5. The summed E-state index contributed by atoms with van der Waals surface area (Å²) in [7, 11) is 0. The number of hydrogen-bond donors (Lipinski definition) is 2. The molecule has 1 amide bonds. The molecule has 2 N–H and O–H groups in total. The molecule has 0 aromatic heterocycles. The van der Waals surface area contributed by atoms with Gasteiger partial charge >= 0.3 is 0 Å². The predicted octanol–water partition coefficient (Wildman–Crippen LogP) is 4.70. The van der Waals surface area contributed by atoms with Crippen molar-refractivity contribution < 1.29 is 34.0 Å². The summed E-state index contributed by atoms with van der Waals surface area (Å²) in [4.78, 5) is 30.6. The molecule has 2 heterocycles. The number of phenols is 1. The average Bonchev–Trinajstić information content (AvgIpc) is 3.19. The zero-order chi connectivity index (χ0) is 28.8. The van der Waals surface area contributed by atoms with Crippen LogP contribution in [-0.2, 0) is 14.3 Å². The molecule has 2 aromatic carbocycles. The molecule has 41 heavy (non-hydrogen) atoms. The van der Waals surface area contributed by atoms with Crippen LogP contribution in [0.5, 0.6) is 17.2 Å². The van der Waals surface area contributed by atoms with E-state index in [1.165, 1.54) is 11.0 Å². The minimum Gasteiger partial charge on any atom is -0.507 e. The van der Waals surface area contributed by atoms with E-state index in [-0.39, 0.29) is 35.2 Å². The fourth-order valence-electron chi connectivity index (χ4n) is 5.09. The van der Waals surface area contributed by atoms with Gasteiger partial charge in [-0.05, 0) is 67.6 Å². The van der Waals surface area contributed by atoms with Crippen LogP contribution in [0.3, 0.4) is 0 Å². The van der Waals surface area contributed by atoms with Gasteiger partial charge in [0.15, 0.2) is 11.5 Å². The van der Waals surface area contributed by atoms with Crippen molar-refractivity contribution in [2.45, 2.75) is 40.2 Å². The summed E-state index contributed by atoms with van der Waals surface area (Å²) in [6.07, 6.45) is 0.654. The number of likely N-dealkylation sites (tertiary alicyclic amines) is 1. The molecule has 1 unspecified atom stereocenters.